The average molecular weight is 426 g/mol. The topological polar surface area (TPSA) is 95.3 Å². The van der Waals surface area contributed by atoms with Crippen molar-refractivity contribution < 1.29 is 4.79 Å². The predicted octanol–water partition coefficient (Wildman–Crippen LogP) is 2.80. The summed E-state index contributed by atoms with van der Waals surface area (Å²) in [5.74, 6) is 0.743. The fraction of sp³-hybridized carbons (Fsp3) is 0.300. The summed E-state index contributed by atoms with van der Waals surface area (Å²) in [6.07, 6.45) is 2.96. The number of aromatic nitrogens is 4. The van der Waals surface area contributed by atoms with Crippen LogP contribution in [-0.2, 0) is 17.6 Å². The highest BCUT2D eigenvalue weighted by Crippen LogP contribution is 2.38. The van der Waals surface area contributed by atoms with Gasteiger partial charge >= 0.3 is 0 Å². The van der Waals surface area contributed by atoms with Gasteiger partial charge in [-0.25, -0.2) is 8.97 Å². The van der Waals surface area contributed by atoms with E-state index in [0.29, 0.717) is 16.9 Å². The summed E-state index contributed by atoms with van der Waals surface area (Å²) in [4.78, 5) is 27.1. The maximum absolute atomic E-state index is 13.6. The Kier molecular flexibility index (Phi) is 4.44. The van der Waals surface area contributed by atoms with Crippen molar-refractivity contribution in [3.8, 4) is 5.69 Å². The number of carbonyl (C=O) groups excluding carboxylic acids is 1. The van der Waals surface area contributed by atoms with Crippen LogP contribution in [-0.4, -0.2) is 30.8 Å². The number of nitrogens with two attached hydrogens (primary N) is 1. The molecule has 7 nitrogen and oxygen atoms in total. The number of hydrogen-bond donors (Lipinski definition) is 1. The van der Waals surface area contributed by atoms with Crippen LogP contribution in [0.3, 0.4) is 0 Å². The third-order valence-electron chi connectivity index (χ3n) is 5.29. The Hall–Kier alpha value is -2.65. The number of para-hydroxylation sites is 1. The molecule has 9 heteroatoms. The Morgan fingerprint density at radius 1 is 1.31 bits per heavy atom. The molecule has 0 aliphatic heterocycles. The van der Waals surface area contributed by atoms with Crippen LogP contribution < -0.4 is 11.3 Å². The van der Waals surface area contributed by atoms with Crippen molar-refractivity contribution in [3.63, 3.8) is 0 Å². The molecule has 1 aromatic carbocycles. The van der Waals surface area contributed by atoms with Crippen molar-refractivity contribution in [2.24, 2.45) is 11.7 Å². The van der Waals surface area contributed by atoms with Crippen LogP contribution in [0.5, 0.6) is 0 Å². The largest absolute Gasteiger partial charge is 0.369 e. The molecule has 148 valence electrons. The molecule has 0 radical (unpaired) electrons. The van der Waals surface area contributed by atoms with Crippen LogP contribution in [0.1, 0.15) is 23.8 Å². The number of hydrogen-bond acceptors (Lipinski definition) is 6. The molecule has 1 atom stereocenters. The summed E-state index contributed by atoms with van der Waals surface area (Å²) < 4.78 is 3.53. The van der Waals surface area contributed by atoms with Gasteiger partial charge in [-0.3, -0.25) is 9.59 Å². The van der Waals surface area contributed by atoms with E-state index in [1.807, 2.05) is 34.7 Å². The van der Waals surface area contributed by atoms with Gasteiger partial charge in [-0.15, -0.1) is 21.5 Å². The maximum atomic E-state index is 13.6. The van der Waals surface area contributed by atoms with Crippen molar-refractivity contribution in [1.82, 2.24) is 19.2 Å². The van der Waals surface area contributed by atoms with Crippen molar-refractivity contribution in [2.75, 3.05) is 5.75 Å². The Morgan fingerprint density at radius 2 is 2.10 bits per heavy atom. The van der Waals surface area contributed by atoms with Crippen LogP contribution in [0.25, 0.3) is 21.7 Å². The number of aryl methyl sites for hydroxylation is 1. The van der Waals surface area contributed by atoms with Crippen molar-refractivity contribution >= 4 is 45.0 Å². The van der Waals surface area contributed by atoms with Gasteiger partial charge in [0.05, 0.1) is 16.8 Å². The lowest BCUT2D eigenvalue weighted by molar-refractivity contribution is -0.115. The van der Waals surface area contributed by atoms with Gasteiger partial charge in [-0.05, 0) is 42.9 Å². The summed E-state index contributed by atoms with van der Waals surface area (Å²) in [6.45, 7) is 2.25. The number of thiophene rings is 1. The van der Waals surface area contributed by atoms with Gasteiger partial charge in [-0.1, -0.05) is 36.9 Å². The molecule has 0 unspecified atom stereocenters. The predicted molar refractivity (Wildman–Crippen MR) is 115 cm³/mol. The zero-order valence-electron chi connectivity index (χ0n) is 15.8. The van der Waals surface area contributed by atoms with Crippen LogP contribution >= 0.6 is 23.1 Å². The second kappa shape index (κ2) is 7.00. The second-order valence-electron chi connectivity index (χ2n) is 7.38. The number of primary amides is 1. The summed E-state index contributed by atoms with van der Waals surface area (Å²) in [5.41, 5.74) is 7.17. The Balaban J connectivity index is 1.88. The highest BCUT2D eigenvalue weighted by atomic mass is 32.2. The Labute approximate surface area is 174 Å². The minimum absolute atomic E-state index is 0.0652. The molecule has 0 saturated heterocycles. The number of carbonyl (C=O) groups is 1. The van der Waals surface area contributed by atoms with Gasteiger partial charge in [0.15, 0.2) is 5.16 Å². The van der Waals surface area contributed by atoms with E-state index in [1.165, 1.54) is 16.6 Å². The molecule has 0 spiro atoms. The van der Waals surface area contributed by atoms with E-state index in [9.17, 15) is 9.59 Å². The minimum Gasteiger partial charge on any atom is -0.369 e. The first kappa shape index (κ1) is 18.4. The van der Waals surface area contributed by atoms with E-state index < -0.39 is 5.91 Å². The number of rotatable bonds is 4. The molecule has 1 amide bonds. The van der Waals surface area contributed by atoms with Crippen LogP contribution in [0.4, 0.5) is 0 Å². The molecule has 2 N–H and O–H groups in total. The third kappa shape index (κ3) is 2.96. The fourth-order valence-corrected chi connectivity index (χ4v) is 6.17. The van der Waals surface area contributed by atoms with Gasteiger partial charge in [0.1, 0.15) is 4.83 Å². The summed E-state index contributed by atoms with van der Waals surface area (Å²) in [6, 6.07) is 9.48. The lowest BCUT2D eigenvalue weighted by Crippen LogP contribution is -2.22. The standard InChI is InChI=1S/C20H19N5O2S2/c1-11-7-8-13-14(9-11)29-18-16(13)17(27)24(12-5-3-2-4-6-12)19-22-23-20(25(18)19)28-10-15(21)26/h2-6,11H,7-10H2,1H3,(H2,21,26)/t11-/m1/s1. The first-order chi connectivity index (χ1) is 14.0. The van der Waals surface area contributed by atoms with E-state index in [2.05, 4.69) is 17.1 Å². The number of nitrogens with zero attached hydrogens (tertiary/aromatic N) is 4. The Morgan fingerprint density at radius 3 is 2.86 bits per heavy atom. The first-order valence-electron chi connectivity index (χ1n) is 9.45. The number of thioether (sulfide) groups is 1. The minimum atomic E-state index is -0.418. The molecular weight excluding hydrogens is 406 g/mol. The zero-order chi connectivity index (χ0) is 20.1. The quantitative estimate of drug-likeness (QED) is 0.507. The molecule has 5 rings (SSSR count). The van der Waals surface area contributed by atoms with Gasteiger partial charge in [0, 0.05) is 4.88 Å². The highest BCUT2D eigenvalue weighted by molar-refractivity contribution is 7.99. The lowest BCUT2D eigenvalue weighted by Gasteiger charge is -2.17. The van der Waals surface area contributed by atoms with E-state index in [0.717, 1.165) is 40.7 Å². The molecular formula is C20H19N5O2S2. The molecule has 3 aromatic heterocycles. The van der Waals surface area contributed by atoms with Gasteiger partial charge in [-0.2, -0.15) is 0 Å². The molecule has 1 aliphatic carbocycles. The highest BCUT2D eigenvalue weighted by Gasteiger charge is 2.27. The summed E-state index contributed by atoms with van der Waals surface area (Å²) in [5, 5.41) is 9.91. The summed E-state index contributed by atoms with van der Waals surface area (Å²) in [7, 11) is 0. The van der Waals surface area contributed by atoms with Crippen molar-refractivity contribution in [3.05, 3.63) is 51.1 Å². The zero-order valence-corrected chi connectivity index (χ0v) is 17.4. The molecule has 3 heterocycles. The normalized spacial score (nSPS) is 16.4. The van der Waals surface area contributed by atoms with E-state index in [-0.39, 0.29) is 11.3 Å². The smallest absolute Gasteiger partial charge is 0.268 e. The van der Waals surface area contributed by atoms with Gasteiger partial charge < -0.3 is 5.73 Å². The molecule has 0 saturated carbocycles. The fourth-order valence-electron chi connectivity index (χ4n) is 3.94. The average Bonchev–Trinajstić information content (AvgIpc) is 3.28. The van der Waals surface area contributed by atoms with Crippen LogP contribution in [0.2, 0.25) is 0 Å². The second-order valence-corrected chi connectivity index (χ2v) is 9.41. The summed E-state index contributed by atoms with van der Waals surface area (Å²) >= 11 is 2.89. The molecule has 1 aliphatic rings. The maximum Gasteiger partial charge on any atom is 0.268 e. The molecule has 29 heavy (non-hydrogen) atoms. The third-order valence-corrected chi connectivity index (χ3v) is 7.48. The van der Waals surface area contributed by atoms with Crippen molar-refractivity contribution in [2.45, 2.75) is 31.3 Å². The molecule has 0 bridgehead atoms. The van der Waals surface area contributed by atoms with Gasteiger partial charge in [0.25, 0.3) is 5.56 Å². The van der Waals surface area contributed by atoms with E-state index >= 15 is 0 Å². The van der Waals surface area contributed by atoms with E-state index in [1.54, 1.807) is 15.9 Å². The monoisotopic (exact) mass is 425 g/mol. The number of fused-ring (bicyclic) bond motifs is 5. The Bertz CT molecular complexity index is 1310. The molecule has 0 fully saturated rings. The molecule has 4 aromatic rings. The van der Waals surface area contributed by atoms with E-state index in [4.69, 9.17) is 5.73 Å². The SMILES string of the molecule is C[C@@H]1CCc2c(sc3c2c(=O)n(-c2ccccc2)c2nnc(SCC(N)=O)n32)C1. The van der Waals surface area contributed by atoms with Crippen LogP contribution in [0.15, 0.2) is 40.3 Å². The van der Waals surface area contributed by atoms with Gasteiger partial charge in [0.2, 0.25) is 11.7 Å². The van der Waals surface area contributed by atoms with Crippen LogP contribution in [0, 0.1) is 5.92 Å². The first-order valence-corrected chi connectivity index (χ1v) is 11.3. The van der Waals surface area contributed by atoms with Crippen molar-refractivity contribution in [1.29, 1.82) is 0 Å². The number of benzene rings is 1. The lowest BCUT2D eigenvalue weighted by atomic mass is 9.89. The number of amides is 1.